The van der Waals surface area contributed by atoms with E-state index in [0.717, 1.165) is 29.0 Å². The number of rotatable bonds is 8. The summed E-state index contributed by atoms with van der Waals surface area (Å²) in [7, 11) is -2.18. The van der Waals surface area contributed by atoms with Gasteiger partial charge in [0.1, 0.15) is 5.82 Å². The molecular weight excluding hydrogens is 493 g/mol. The molecule has 5 rings (SSSR count). The van der Waals surface area contributed by atoms with Gasteiger partial charge in [0.15, 0.2) is 0 Å². The molecule has 3 aromatic rings. The molecule has 2 N–H and O–H groups in total. The lowest BCUT2D eigenvalue weighted by molar-refractivity contribution is 0.0805. The Balaban J connectivity index is 1.47. The van der Waals surface area contributed by atoms with Gasteiger partial charge in [0.2, 0.25) is 5.03 Å². The number of sulfonamides is 1. The summed E-state index contributed by atoms with van der Waals surface area (Å²) in [6, 6.07) is 9.90. The van der Waals surface area contributed by atoms with Gasteiger partial charge in [0, 0.05) is 62.4 Å². The largest absolute Gasteiger partial charge is 0.355 e. The maximum Gasteiger partial charge on any atom is 0.264 e. The molecule has 0 unspecified atom stereocenters. The van der Waals surface area contributed by atoms with Crippen LogP contribution in [-0.2, 0) is 17.1 Å². The topological polar surface area (TPSA) is 107 Å². The quantitative estimate of drug-likeness (QED) is 0.433. The zero-order valence-electron chi connectivity index (χ0n) is 21.1. The summed E-state index contributed by atoms with van der Waals surface area (Å²) in [6.45, 7) is 4.25. The summed E-state index contributed by atoms with van der Waals surface area (Å²) in [5, 5.41) is 19.3. The van der Waals surface area contributed by atoms with Crippen LogP contribution in [0, 0.1) is 24.1 Å². The molecule has 0 spiro atoms. The molecular formula is C26H32FN7O2S. The fourth-order valence-electron chi connectivity index (χ4n) is 5.13. The van der Waals surface area contributed by atoms with Gasteiger partial charge < -0.3 is 10.7 Å². The van der Waals surface area contributed by atoms with E-state index in [1.807, 2.05) is 19.1 Å². The lowest BCUT2D eigenvalue weighted by Gasteiger charge is -2.44. The van der Waals surface area contributed by atoms with Crippen LogP contribution < -0.4 is 5.32 Å². The van der Waals surface area contributed by atoms with Gasteiger partial charge in [-0.25, -0.2) is 12.8 Å². The Morgan fingerprint density at radius 3 is 2.57 bits per heavy atom. The van der Waals surface area contributed by atoms with Gasteiger partial charge in [0.25, 0.3) is 10.0 Å². The first-order chi connectivity index (χ1) is 17.7. The molecule has 1 aliphatic heterocycles. The number of hydrogen-bond donors (Lipinski definition) is 2. The van der Waals surface area contributed by atoms with Gasteiger partial charge in [-0.15, -0.1) is 5.10 Å². The Bertz CT molecular complexity index is 1390. The summed E-state index contributed by atoms with van der Waals surface area (Å²) in [6.07, 6.45) is 6.24. The highest BCUT2D eigenvalue weighted by molar-refractivity contribution is 7.89. The normalized spacial score (nSPS) is 19.5. The van der Waals surface area contributed by atoms with E-state index in [2.05, 4.69) is 20.4 Å². The van der Waals surface area contributed by atoms with Crippen LogP contribution in [0.3, 0.4) is 0 Å². The van der Waals surface area contributed by atoms with Gasteiger partial charge in [0.05, 0.1) is 6.20 Å². The fraction of sp³-hybridized carbons (Fsp3) is 0.423. The van der Waals surface area contributed by atoms with Crippen molar-refractivity contribution in [2.24, 2.45) is 13.0 Å². The van der Waals surface area contributed by atoms with E-state index in [1.165, 1.54) is 52.9 Å². The molecule has 1 aliphatic carbocycles. The van der Waals surface area contributed by atoms with Crippen LogP contribution in [-0.4, -0.2) is 65.0 Å². The number of aryl methyl sites for hydroxylation is 2. The van der Waals surface area contributed by atoms with Crippen molar-refractivity contribution in [1.82, 2.24) is 24.2 Å². The fourth-order valence-corrected chi connectivity index (χ4v) is 6.46. The van der Waals surface area contributed by atoms with E-state index < -0.39 is 10.0 Å². The molecule has 2 fully saturated rings. The first kappa shape index (κ1) is 25.5. The lowest BCUT2D eigenvalue weighted by atomic mass is 9.84. The number of aromatic nitrogens is 3. The molecule has 1 atom stereocenters. The molecule has 11 heteroatoms. The summed E-state index contributed by atoms with van der Waals surface area (Å²) in [4.78, 5) is 3.65. The average Bonchev–Trinajstić information content (AvgIpc) is 3.30. The highest BCUT2D eigenvalue weighted by atomic mass is 32.2. The van der Waals surface area contributed by atoms with Gasteiger partial charge >= 0.3 is 0 Å². The van der Waals surface area contributed by atoms with Crippen molar-refractivity contribution in [3.05, 3.63) is 65.1 Å². The minimum Gasteiger partial charge on any atom is -0.355 e. The standard InChI is InChI=1S/C26H32FN7O2S/c1-18-12-24(30-22-8-6-21(27)7-9-22)20(14-28)13-23(18)25-17-34(11-10-33(25)16-19-4-3-5-19)37(35,36)26-15-29-32(2)31-26/h6-9,12-15,19,25,28,30H,3-5,10-11,16-17H2,1-2H3/t25-/m1/s1. The van der Waals surface area contributed by atoms with E-state index in [4.69, 9.17) is 5.41 Å². The van der Waals surface area contributed by atoms with Crippen molar-refractivity contribution in [2.75, 3.05) is 31.5 Å². The molecule has 9 nitrogen and oxygen atoms in total. The molecule has 37 heavy (non-hydrogen) atoms. The molecule has 2 heterocycles. The minimum absolute atomic E-state index is 0.0445. The summed E-state index contributed by atoms with van der Waals surface area (Å²) >= 11 is 0. The van der Waals surface area contributed by atoms with Gasteiger partial charge in [-0.1, -0.05) is 6.42 Å². The molecule has 1 saturated carbocycles. The number of benzene rings is 2. The third kappa shape index (κ3) is 5.29. The van der Waals surface area contributed by atoms with E-state index in [1.54, 1.807) is 19.2 Å². The van der Waals surface area contributed by atoms with Crippen LogP contribution in [0.25, 0.3) is 0 Å². The van der Waals surface area contributed by atoms with Crippen LogP contribution in [0.15, 0.2) is 47.6 Å². The Morgan fingerprint density at radius 1 is 1.19 bits per heavy atom. The van der Waals surface area contributed by atoms with Crippen LogP contribution in [0.4, 0.5) is 15.8 Å². The molecule has 1 saturated heterocycles. The van der Waals surface area contributed by atoms with Crippen molar-refractivity contribution >= 4 is 27.6 Å². The second-order valence-corrected chi connectivity index (χ2v) is 11.8. The smallest absolute Gasteiger partial charge is 0.264 e. The Labute approximate surface area is 216 Å². The van der Waals surface area contributed by atoms with Crippen molar-refractivity contribution in [3.8, 4) is 0 Å². The zero-order valence-corrected chi connectivity index (χ0v) is 21.9. The number of nitrogens with zero attached hydrogens (tertiary/aromatic N) is 5. The predicted octanol–water partition coefficient (Wildman–Crippen LogP) is 3.85. The second kappa shape index (κ2) is 10.3. The lowest BCUT2D eigenvalue weighted by Crippen LogP contribution is -2.52. The predicted molar refractivity (Wildman–Crippen MR) is 140 cm³/mol. The molecule has 196 valence electrons. The molecule has 0 amide bonds. The van der Waals surface area contributed by atoms with Crippen LogP contribution in [0.5, 0.6) is 0 Å². The summed E-state index contributed by atoms with van der Waals surface area (Å²) < 4.78 is 41.6. The summed E-state index contributed by atoms with van der Waals surface area (Å²) in [5.41, 5.74) is 4.15. The number of hydrogen-bond acceptors (Lipinski definition) is 7. The Morgan fingerprint density at radius 2 is 1.95 bits per heavy atom. The highest BCUT2D eigenvalue weighted by Crippen LogP contribution is 2.36. The second-order valence-electron chi connectivity index (χ2n) is 9.92. The monoisotopic (exact) mass is 525 g/mol. The van der Waals surface area contributed by atoms with Crippen LogP contribution in [0.2, 0.25) is 0 Å². The minimum atomic E-state index is -3.78. The number of nitrogens with one attached hydrogen (secondary N) is 2. The average molecular weight is 526 g/mol. The van der Waals surface area contributed by atoms with E-state index >= 15 is 0 Å². The summed E-state index contributed by atoms with van der Waals surface area (Å²) in [5.74, 6) is 0.321. The van der Waals surface area contributed by atoms with E-state index in [9.17, 15) is 12.8 Å². The molecule has 1 aromatic heterocycles. The third-order valence-corrected chi connectivity index (χ3v) is 9.16. The van der Waals surface area contributed by atoms with Crippen LogP contribution in [0.1, 0.15) is 42.0 Å². The molecule has 2 aromatic carbocycles. The van der Waals surface area contributed by atoms with Crippen molar-refractivity contribution in [1.29, 1.82) is 5.41 Å². The number of halogens is 1. The maximum atomic E-state index is 13.4. The van der Waals surface area contributed by atoms with Crippen molar-refractivity contribution in [3.63, 3.8) is 0 Å². The van der Waals surface area contributed by atoms with Crippen molar-refractivity contribution < 1.29 is 12.8 Å². The third-order valence-electron chi connectivity index (χ3n) is 7.43. The van der Waals surface area contributed by atoms with Gasteiger partial charge in [-0.2, -0.15) is 14.2 Å². The number of piperazine rings is 1. The SMILES string of the molecule is Cc1cc(Nc2ccc(F)cc2)c(C=N)cc1[C@H]1CN(S(=O)(=O)c2cnn(C)n2)CCN1CC1CCC1. The Kier molecular flexibility index (Phi) is 7.11. The first-order valence-corrected chi connectivity index (χ1v) is 14.0. The van der Waals surface area contributed by atoms with Crippen molar-refractivity contribution in [2.45, 2.75) is 37.3 Å². The van der Waals surface area contributed by atoms with Crippen LogP contribution >= 0.6 is 0 Å². The Hall–Kier alpha value is -3.15. The molecule has 2 aliphatic rings. The van der Waals surface area contributed by atoms with E-state index in [-0.39, 0.29) is 16.9 Å². The zero-order chi connectivity index (χ0) is 26.2. The van der Waals surface area contributed by atoms with Gasteiger partial charge in [-0.3, -0.25) is 4.90 Å². The van der Waals surface area contributed by atoms with E-state index in [0.29, 0.717) is 31.1 Å². The first-order valence-electron chi connectivity index (χ1n) is 12.5. The highest BCUT2D eigenvalue weighted by Gasteiger charge is 2.38. The molecule has 0 bridgehead atoms. The number of anilines is 2. The molecule has 0 radical (unpaired) electrons. The maximum absolute atomic E-state index is 13.4. The van der Waals surface area contributed by atoms with Gasteiger partial charge in [-0.05, 0) is 73.2 Å².